The lowest BCUT2D eigenvalue weighted by atomic mass is 10.2. The molecule has 4 aromatic rings. The summed E-state index contributed by atoms with van der Waals surface area (Å²) >= 11 is 0. The van der Waals surface area contributed by atoms with E-state index in [1.807, 2.05) is 67.7 Å². The molecule has 0 spiro atoms. The molecule has 0 saturated heterocycles. The SMILES string of the molecule is Cc1ccc(S(=O)(=Nc2cccc3nn(-c4cccnc4)cc23)N(C)C)cc1. The Morgan fingerprint density at radius 2 is 1.82 bits per heavy atom. The number of hydrogen-bond donors (Lipinski definition) is 0. The maximum absolute atomic E-state index is 13.8. The van der Waals surface area contributed by atoms with Gasteiger partial charge < -0.3 is 0 Å². The molecule has 0 aliphatic carbocycles. The quantitative estimate of drug-likeness (QED) is 0.519. The molecule has 0 saturated carbocycles. The molecule has 6 nitrogen and oxygen atoms in total. The molecule has 1 unspecified atom stereocenters. The van der Waals surface area contributed by atoms with Gasteiger partial charge in [-0.1, -0.05) is 23.8 Å². The van der Waals surface area contributed by atoms with Crippen molar-refractivity contribution in [3.63, 3.8) is 0 Å². The lowest BCUT2D eigenvalue weighted by molar-refractivity contribution is 0.592. The van der Waals surface area contributed by atoms with E-state index in [1.54, 1.807) is 35.5 Å². The fourth-order valence-corrected chi connectivity index (χ4v) is 4.53. The molecule has 0 N–H and O–H groups in total. The summed E-state index contributed by atoms with van der Waals surface area (Å²) in [6.45, 7) is 2.01. The Labute approximate surface area is 164 Å². The summed E-state index contributed by atoms with van der Waals surface area (Å²) in [7, 11) is 0.773. The number of benzene rings is 2. The van der Waals surface area contributed by atoms with Crippen molar-refractivity contribution in [2.45, 2.75) is 11.8 Å². The van der Waals surface area contributed by atoms with E-state index in [9.17, 15) is 4.21 Å². The van der Waals surface area contributed by atoms with Crippen LogP contribution in [-0.2, 0) is 9.92 Å². The van der Waals surface area contributed by atoms with Crippen molar-refractivity contribution in [3.05, 3.63) is 78.8 Å². The summed E-state index contributed by atoms with van der Waals surface area (Å²) in [5.41, 5.74) is 3.40. The second-order valence-corrected chi connectivity index (χ2v) is 9.09. The highest BCUT2D eigenvalue weighted by Gasteiger charge is 2.17. The van der Waals surface area contributed by atoms with Crippen LogP contribution < -0.4 is 0 Å². The van der Waals surface area contributed by atoms with Gasteiger partial charge in [0.1, 0.15) is 9.92 Å². The molecule has 28 heavy (non-hydrogen) atoms. The first-order valence-electron chi connectivity index (χ1n) is 8.87. The average Bonchev–Trinajstić information content (AvgIpc) is 3.14. The molecule has 0 aliphatic heterocycles. The molecule has 1 atom stereocenters. The minimum absolute atomic E-state index is 0.645. The van der Waals surface area contributed by atoms with Crippen molar-refractivity contribution in [2.24, 2.45) is 4.36 Å². The van der Waals surface area contributed by atoms with Crippen LogP contribution >= 0.6 is 0 Å². The van der Waals surface area contributed by atoms with Crippen LogP contribution in [0.2, 0.25) is 0 Å². The van der Waals surface area contributed by atoms with Gasteiger partial charge >= 0.3 is 0 Å². The van der Waals surface area contributed by atoms with Crippen molar-refractivity contribution < 1.29 is 4.21 Å². The van der Waals surface area contributed by atoms with Gasteiger partial charge in [-0.3, -0.25) is 4.98 Å². The van der Waals surface area contributed by atoms with Gasteiger partial charge in [0.15, 0.2) is 0 Å². The van der Waals surface area contributed by atoms with Gasteiger partial charge in [-0.05, 0) is 43.3 Å². The number of aromatic nitrogens is 3. The van der Waals surface area contributed by atoms with Gasteiger partial charge in [0.25, 0.3) is 0 Å². The summed E-state index contributed by atoms with van der Waals surface area (Å²) in [5, 5.41) is 5.45. The monoisotopic (exact) mass is 391 g/mol. The molecule has 0 bridgehead atoms. The van der Waals surface area contributed by atoms with E-state index in [0.717, 1.165) is 22.2 Å². The first kappa shape index (κ1) is 18.3. The normalized spacial score (nSPS) is 13.6. The van der Waals surface area contributed by atoms with Crippen LogP contribution in [0.25, 0.3) is 16.6 Å². The molecule has 7 heteroatoms. The van der Waals surface area contributed by atoms with Crippen molar-refractivity contribution in [1.82, 2.24) is 19.1 Å². The standard InChI is InChI=1S/C21H21N5OS/c1-16-9-11-18(12-10-16)28(27,25(2)3)24-21-8-4-7-20-19(21)15-26(23-20)17-6-5-13-22-14-17/h4-15H,1-3H3. The average molecular weight is 392 g/mol. The number of rotatable bonds is 4. The van der Waals surface area contributed by atoms with Crippen molar-refractivity contribution >= 4 is 26.5 Å². The summed E-state index contributed by atoms with van der Waals surface area (Å²) in [5.74, 6) is 0. The zero-order chi connectivity index (χ0) is 19.7. The van der Waals surface area contributed by atoms with Crippen LogP contribution in [0, 0.1) is 6.92 Å². The Bertz CT molecular complexity index is 1240. The van der Waals surface area contributed by atoms with E-state index >= 15 is 0 Å². The van der Waals surface area contributed by atoms with Crippen LogP contribution in [0.4, 0.5) is 5.69 Å². The number of pyridine rings is 1. The maximum Gasteiger partial charge on any atom is 0.144 e. The topological polar surface area (TPSA) is 63.4 Å². The highest BCUT2D eigenvalue weighted by atomic mass is 32.2. The third-order valence-electron chi connectivity index (χ3n) is 4.48. The van der Waals surface area contributed by atoms with Gasteiger partial charge in [-0.15, -0.1) is 0 Å². The van der Waals surface area contributed by atoms with E-state index in [0.29, 0.717) is 10.6 Å². The van der Waals surface area contributed by atoms with Crippen LogP contribution in [0.15, 0.2) is 82.4 Å². The first-order chi connectivity index (χ1) is 13.5. The van der Waals surface area contributed by atoms with Crippen molar-refractivity contribution in [2.75, 3.05) is 14.1 Å². The Morgan fingerprint density at radius 1 is 1.04 bits per heavy atom. The Hall–Kier alpha value is -3.03. The summed E-state index contributed by atoms with van der Waals surface area (Å²) in [4.78, 5) is 4.83. The fourth-order valence-electron chi connectivity index (χ4n) is 2.92. The molecule has 2 aromatic carbocycles. The third-order valence-corrected chi connectivity index (χ3v) is 6.80. The van der Waals surface area contributed by atoms with E-state index in [4.69, 9.17) is 4.36 Å². The second kappa shape index (κ2) is 7.18. The molecule has 4 rings (SSSR count). The number of hydrogen-bond acceptors (Lipinski definition) is 4. The minimum atomic E-state index is -2.79. The van der Waals surface area contributed by atoms with E-state index in [2.05, 4.69) is 10.1 Å². The molecule has 142 valence electrons. The number of nitrogens with zero attached hydrogens (tertiary/aromatic N) is 5. The van der Waals surface area contributed by atoms with Gasteiger partial charge in [-0.2, -0.15) is 9.46 Å². The van der Waals surface area contributed by atoms with Crippen LogP contribution in [-0.4, -0.2) is 37.4 Å². The maximum atomic E-state index is 13.8. The summed E-state index contributed by atoms with van der Waals surface area (Å²) < 4.78 is 22.0. The highest BCUT2D eigenvalue weighted by Crippen LogP contribution is 2.30. The highest BCUT2D eigenvalue weighted by molar-refractivity contribution is 7.91. The first-order valence-corrected chi connectivity index (χ1v) is 10.3. The lowest BCUT2D eigenvalue weighted by Crippen LogP contribution is -2.21. The molecule has 0 radical (unpaired) electrons. The number of aryl methyl sites for hydroxylation is 1. The predicted octanol–water partition coefficient (Wildman–Crippen LogP) is 4.36. The summed E-state index contributed by atoms with van der Waals surface area (Å²) in [6, 6.07) is 17.1. The molecule has 0 aliphatic rings. The summed E-state index contributed by atoms with van der Waals surface area (Å²) in [6.07, 6.45) is 5.37. The van der Waals surface area contributed by atoms with E-state index in [1.165, 1.54) is 0 Å². The molecule has 2 heterocycles. The molecule has 2 aromatic heterocycles. The molecule has 0 amide bonds. The Morgan fingerprint density at radius 3 is 2.50 bits per heavy atom. The zero-order valence-corrected chi connectivity index (χ0v) is 16.8. The van der Waals surface area contributed by atoms with Gasteiger partial charge in [0, 0.05) is 31.9 Å². The fraction of sp³-hybridized carbons (Fsp3) is 0.143. The molecular formula is C21H21N5OS. The predicted molar refractivity (Wildman–Crippen MR) is 112 cm³/mol. The Kier molecular flexibility index (Phi) is 4.70. The van der Waals surface area contributed by atoms with Gasteiger partial charge in [0.05, 0.1) is 28.0 Å². The minimum Gasteiger partial charge on any atom is -0.262 e. The van der Waals surface area contributed by atoms with Crippen LogP contribution in [0.1, 0.15) is 5.56 Å². The van der Waals surface area contributed by atoms with Gasteiger partial charge in [0.2, 0.25) is 0 Å². The van der Waals surface area contributed by atoms with E-state index in [-0.39, 0.29) is 0 Å². The van der Waals surface area contributed by atoms with Crippen LogP contribution in [0.3, 0.4) is 0 Å². The van der Waals surface area contributed by atoms with E-state index < -0.39 is 9.92 Å². The zero-order valence-electron chi connectivity index (χ0n) is 16.0. The third kappa shape index (κ3) is 3.30. The smallest absolute Gasteiger partial charge is 0.144 e. The van der Waals surface area contributed by atoms with Crippen molar-refractivity contribution in [1.29, 1.82) is 0 Å². The molecular weight excluding hydrogens is 370 g/mol. The lowest BCUT2D eigenvalue weighted by Gasteiger charge is -2.17. The molecule has 0 fully saturated rings. The largest absolute Gasteiger partial charge is 0.262 e. The Balaban J connectivity index is 1.91. The van der Waals surface area contributed by atoms with Crippen LogP contribution in [0.5, 0.6) is 0 Å². The van der Waals surface area contributed by atoms with Crippen molar-refractivity contribution in [3.8, 4) is 5.69 Å². The second-order valence-electron chi connectivity index (χ2n) is 6.71. The number of fused-ring (bicyclic) bond motifs is 1. The van der Waals surface area contributed by atoms with Gasteiger partial charge in [-0.25, -0.2) is 13.2 Å².